The van der Waals surface area contributed by atoms with Gasteiger partial charge in [0, 0.05) is 12.6 Å². The molecule has 0 atom stereocenters. The van der Waals surface area contributed by atoms with Crippen molar-refractivity contribution in [2.45, 2.75) is 20.4 Å². The maximum Gasteiger partial charge on any atom is 0.132 e. The standard InChI is InChI=1S/C14H18BrN3/c1-9-5-6-11(10(2)7-9)13-14(15)17-12(8-16-3)18(13)4/h5-7,16H,8H2,1-4H3. The maximum absolute atomic E-state index is 4.56. The molecule has 0 saturated heterocycles. The molecular formula is C14H18BrN3. The van der Waals surface area contributed by atoms with E-state index in [4.69, 9.17) is 0 Å². The Kier molecular flexibility index (Phi) is 3.88. The summed E-state index contributed by atoms with van der Waals surface area (Å²) in [7, 11) is 3.98. The first-order chi connectivity index (χ1) is 8.54. The van der Waals surface area contributed by atoms with Crippen molar-refractivity contribution in [3.8, 4) is 11.3 Å². The van der Waals surface area contributed by atoms with Crippen molar-refractivity contribution in [1.82, 2.24) is 14.9 Å². The summed E-state index contributed by atoms with van der Waals surface area (Å²) in [5.41, 5.74) is 4.92. The summed E-state index contributed by atoms with van der Waals surface area (Å²) in [6, 6.07) is 6.50. The van der Waals surface area contributed by atoms with Crippen LogP contribution >= 0.6 is 15.9 Å². The molecule has 18 heavy (non-hydrogen) atoms. The highest BCUT2D eigenvalue weighted by atomic mass is 79.9. The van der Waals surface area contributed by atoms with Crippen molar-refractivity contribution in [2.75, 3.05) is 7.05 Å². The fraction of sp³-hybridized carbons (Fsp3) is 0.357. The Morgan fingerprint density at radius 1 is 1.33 bits per heavy atom. The minimum absolute atomic E-state index is 0.764. The Balaban J connectivity index is 2.56. The molecule has 2 aromatic rings. The molecule has 0 bridgehead atoms. The Labute approximate surface area is 116 Å². The van der Waals surface area contributed by atoms with E-state index in [9.17, 15) is 0 Å². The molecule has 1 N–H and O–H groups in total. The SMILES string of the molecule is CNCc1nc(Br)c(-c2ccc(C)cc2C)n1C. The average molecular weight is 308 g/mol. The van der Waals surface area contributed by atoms with Gasteiger partial charge in [0.15, 0.2) is 0 Å². The summed E-state index contributed by atoms with van der Waals surface area (Å²) >= 11 is 3.57. The van der Waals surface area contributed by atoms with Crippen LogP contribution in [0.25, 0.3) is 11.3 Å². The number of rotatable bonds is 3. The number of aryl methyl sites for hydroxylation is 2. The first-order valence-electron chi connectivity index (χ1n) is 5.98. The van der Waals surface area contributed by atoms with E-state index in [-0.39, 0.29) is 0 Å². The fourth-order valence-corrected chi connectivity index (χ4v) is 2.88. The quantitative estimate of drug-likeness (QED) is 0.944. The number of halogens is 1. The summed E-state index contributed by atoms with van der Waals surface area (Å²) in [4.78, 5) is 4.56. The highest BCUT2D eigenvalue weighted by Gasteiger charge is 2.15. The molecule has 1 aromatic heterocycles. The topological polar surface area (TPSA) is 29.9 Å². The van der Waals surface area contributed by atoms with Crippen LogP contribution in [0.1, 0.15) is 17.0 Å². The lowest BCUT2D eigenvalue weighted by molar-refractivity contribution is 0.712. The van der Waals surface area contributed by atoms with Crippen LogP contribution in [0.2, 0.25) is 0 Å². The van der Waals surface area contributed by atoms with Crippen LogP contribution in [0, 0.1) is 13.8 Å². The third-order valence-corrected chi connectivity index (χ3v) is 3.67. The van der Waals surface area contributed by atoms with Gasteiger partial charge in [-0.15, -0.1) is 0 Å². The van der Waals surface area contributed by atoms with Crippen molar-refractivity contribution in [3.05, 3.63) is 39.8 Å². The maximum atomic E-state index is 4.56. The Bertz CT molecular complexity index is 573. The van der Waals surface area contributed by atoms with Crippen LogP contribution in [-0.4, -0.2) is 16.6 Å². The fourth-order valence-electron chi connectivity index (χ4n) is 2.20. The number of benzene rings is 1. The molecule has 0 unspecified atom stereocenters. The highest BCUT2D eigenvalue weighted by Crippen LogP contribution is 2.31. The molecule has 0 aliphatic heterocycles. The summed E-state index contributed by atoms with van der Waals surface area (Å²) in [6.45, 7) is 5.01. The molecule has 1 heterocycles. The summed E-state index contributed by atoms with van der Waals surface area (Å²) in [6.07, 6.45) is 0. The molecule has 0 aliphatic rings. The molecular weight excluding hydrogens is 290 g/mol. The normalized spacial score (nSPS) is 10.9. The number of nitrogens with one attached hydrogen (secondary N) is 1. The van der Waals surface area contributed by atoms with Crippen molar-refractivity contribution in [1.29, 1.82) is 0 Å². The van der Waals surface area contributed by atoms with Crippen LogP contribution in [0.3, 0.4) is 0 Å². The van der Waals surface area contributed by atoms with E-state index in [0.717, 1.165) is 22.7 Å². The predicted molar refractivity (Wildman–Crippen MR) is 78.6 cm³/mol. The molecule has 0 spiro atoms. The average Bonchev–Trinajstić information content (AvgIpc) is 2.56. The molecule has 0 fully saturated rings. The summed E-state index contributed by atoms with van der Waals surface area (Å²) in [5.74, 6) is 1.03. The van der Waals surface area contributed by atoms with E-state index in [0.29, 0.717) is 0 Å². The first kappa shape index (κ1) is 13.3. The summed E-state index contributed by atoms with van der Waals surface area (Å²) in [5, 5.41) is 3.14. The highest BCUT2D eigenvalue weighted by molar-refractivity contribution is 9.10. The minimum Gasteiger partial charge on any atom is -0.329 e. The van der Waals surface area contributed by atoms with Gasteiger partial charge in [-0.2, -0.15) is 0 Å². The van der Waals surface area contributed by atoms with Gasteiger partial charge in [-0.3, -0.25) is 0 Å². The third kappa shape index (κ3) is 2.35. The van der Waals surface area contributed by atoms with Gasteiger partial charge in [-0.05, 0) is 42.4 Å². The van der Waals surface area contributed by atoms with Gasteiger partial charge in [0.05, 0.1) is 12.2 Å². The van der Waals surface area contributed by atoms with Crippen molar-refractivity contribution < 1.29 is 0 Å². The van der Waals surface area contributed by atoms with E-state index in [1.807, 2.05) is 7.05 Å². The van der Waals surface area contributed by atoms with E-state index in [1.54, 1.807) is 0 Å². The Morgan fingerprint density at radius 3 is 2.67 bits per heavy atom. The molecule has 0 saturated carbocycles. The lowest BCUT2D eigenvalue weighted by Crippen LogP contribution is -2.10. The van der Waals surface area contributed by atoms with Gasteiger partial charge in [0.1, 0.15) is 10.4 Å². The number of hydrogen-bond acceptors (Lipinski definition) is 2. The van der Waals surface area contributed by atoms with Crippen LogP contribution in [0.5, 0.6) is 0 Å². The number of nitrogens with zero attached hydrogens (tertiary/aromatic N) is 2. The second kappa shape index (κ2) is 5.24. The van der Waals surface area contributed by atoms with Crippen LogP contribution in [0.4, 0.5) is 0 Å². The van der Waals surface area contributed by atoms with Crippen molar-refractivity contribution in [2.24, 2.45) is 7.05 Å². The summed E-state index contributed by atoms with van der Waals surface area (Å²) < 4.78 is 3.04. The smallest absolute Gasteiger partial charge is 0.132 e. The molecule has 3 nitrogen and oxygen atoms in total. The second-order valence-electron chi connectivity index (χ2n) is 4.58. The Hall–Kier alpha value is -1.13. The third-order valence-electron chi connectivity index (χ3n) is 3.12. The minimum atomic E-state index is 0.764. The van der Waals surface area contributed by atoms with Gasteiger partial charge in [0.2, 0.25) is 0 Å². The zero-order valence-corrected chi connectivity index (χ0v) is 12.8. The van der Waals surface area contributed by atoms with Crippen LogP contribution in [0.15, 0.2) is 22.8 Å². The molecule has 4 heteroatoms. The first-order valence-corrected chi connectivity index (χ1v) is 6.77. The van der Waals surface area contributed by atoms with E-state index >= 15 is 0 Å². The predicted octanol–water partition coefficient (Wildman–Crippen LogP) is 3.19. The van der Waals surface area contributed by atoms with Gasteiger partial charge in [0.25, 0.3) is 0 Å². The van der Waals surface area contributed by atoms with Crippen LogP contribution < -0.4 is 5.32 Å². The molecule has 0 aliphatic carbocycles. The number of hydrogen-bond donors (Lipinski definition) is 1. The molecule has 2 rings (SSSR count). The molecule has 96 valence electrons. The lowest BCUT2D eigenvalue weighted by Gasteiger charge is -2.09. The second-order valence-corrected chi connectivity index (χ2v) is 5.33. The Morgan fingerprint density at radius 2 is 2.06 bits per heavy atom. The van der Waals surface area contributed by atoms with Crippen molar-refractivity contribution >= 4 is 15.9 Å². The lowest BCUT2D eigenvalue weighted by atomic mass is 10.0. The van der Waals surface area contributed by atoms with E-state index in [2.05, 4.69) is 69.9 Å². The molecule has 0 amide bonds. The van der Waals surface area contributed by atoms with E-state index < -0.39 is 0 Å². The monoisotopic (exact) mass is 307 g/mol. The van der Waals surface area contributed by atoms with Crippen molar-refractivity contribution in [3.63, 3.8) is 0 Å². The van der Waals surface area contributed by atoms with Gasteiger partial charge < -0.3 is 9.88 Å². The van der Waals surface area contributed by atoms with Gasteiger partial charge >= 0.3 is 0 Å². The largest absolute Gasteiger partial charge is 0.329 e. The molecule has 0 radical (unpaired) electrons. The van der Waals surface area contributed by atoms with Crippen LogP contribution in [-0.2, 0) is 13.6 Å². The van der Waals surface area contributed by atoms with Gasteiger partial charge in [-0.25, -0.2) is 4.98 Å². The number of aromatic nitrogens is 2. The van der Waals surface area contributed by atoms with Gasteiger partial charge in [-0.1, -0.05) is 23.8 Å². The zero-order chi connectivity index (χ0) is 13.3. The van der Waals surface area contributed by atoms with E-state index in [1.165, 1.54) is 16.7 Å². The molecule has 1 aromatic carbocycles. The number of imidazole rings is 1. The zero-order valence-electron chi connectivity index (χ0n) is 11.2.